The number of hydrogen-bond acceptors (Lipinski definition) is 4. The van der Waals surface area contributed by atoms with Gasteiger partial charge in [-0.1, -0.05) is 27.7 Å². The first-order valence-corrected chi connectivity index (χ1v) is 9.83. The van der Waals surface area contributed by atoms with Gasteiger partial charge in [0.25, 0.3) is 0 Å². The van der Waals surface area contributed by atoms with Gasteiger partial charge >= 0.3 is 0 Å². The summed E-state index contributed by atoms with van der Waals surface area (Å²) in [6.07, 6.45) is 6.17. The van der Waals surface area contributed by atoms with E-state index in [1.165, 1.54) is 0 Å². The molecule has 0 atom stereocenters. The van der Waals surface area contributed by atoms with Crippen LogP contribution in [0.15, 0.2) is 35.1 Å². The minimum absolute atomic E-state index is 0.0969. The van der Waals surface area contributed by atoms with E-state index in [1.54, 1.807) is 6.20 Å². The fourth-order valence-corrected chi connectivity index (χ4v) is 4.71. The molecule has 5 nitrogen and oxygen atoms in total. The third-order valence-corrected chi connectivity index (χ3v) is 5.89. The molecule has 2 aliphatic carbocycles. The largest absolute Gasteiger partial charge is 0.465 e. The number of carbonyl (C=O) groups is 2. The Balaban J connectivity index is 1.89. The molecule has 1 aromatic rings. The van der Waals surface area contributed by atoms with Crippen molar-refractivity contribution in [2.24, 2.45) is 10.8 Å². The smallest absolute Gasteiger partial charge is 0.163 e. The highest BCUT2D eigenvalue weighted by molar-refractivity contribution is 6.06. The van der Waals surface area contributed by atoms with Crippen LogP contribution in [0.2, 0.25) is 0 Å². The molecular formula is C22H28N2O3. The Bertz CT molecular complexity index is 846. The van der Waals surface area contributed by atoms with E-state index in [0.29, 0.717) is 24.0 Å². The maximum atomic E-state index is 13.1. The molecule has 5 heteroatoms. The van der Waals surface area contributed by atoms with Crippen molar-refractivity contribution < 1.29 is 14.3 Å². The van der Waals surface area contributed by atoms with Crippen LogP contribution < -0.4 is 0 Å². The normalized spacial score (nSPS) is 24.6. The summed E-state index contributed by atoms with van der Waals surface area (Å²) < 4.78 is 8.13. The van der Waals surface area contributed by atoms with Gasteiger partial charge in [0.1, 0.15) is 11.5 Å². The van der Waals surface area contributed by atoms with Crippen molar-refractivity contribution in [2.75, 3.05) is 0 Å². The number of Topliss-reactive ketones (excluding diaryl/α,β-unsaturated/α-hetero) is 2. The topological polar surface area (TPSA) is 61.2 Å². The molecule has 0 amide bonds. The zero-order valence-electron chi connectivity index (χ0n) is 16.9. The maximum absolute atomic E-state index is 13.1. The molecule has 0 N–H and O–H groups in total. The first-order valence-electron chi connectivity index (χ1n) is 9.83. The number of carbonyl (C=O) groups excluding carboxylic acids is 2. The van der Waals surface area contributed by atoms with Crippen LogP contribution >= 0.6 is 0 Å². The summed E-state index contributed by atoms with van der Waals surface area (Å²) in [6, 6.07) is 0. The van der Waals surface area contributed by atoms with Gasteiger partial charge in [0.05, 0.1) is 12.1 Å². The summed E-state index contributed by atoms with van der Waals surface area (Å²) in [7, 11) is 0. The third kappa shape index (κ3) is 3.07. The van der Waals surface area contributed by atoms with E-state index in [9.17, 15) is 9.59 Å². The van der Waals surface area contributed by atoms with Gasteiger partial charge in [-0.3, -0.25) is 14.3 Å². The van der Waals surface area contributed by atoms with E-state index in [1.807, 2.05) is 17.8 Å². The molecule has 0 radical (unpaired) electrons. The molecule has 0 spiro atoms. The zero-order chi connectivity index (χ0) is 19.6. The van der Waals surface area contributed by atoms with Crippen LogP contribution in [0.4, 0.5) is 0 Å². The quantitative estimate of drug-likeness (QED) is 0.781. The van der Waals surface area contributed by atoms with E-state index in [4.69, 9.17) is 4.74 Å². The molecule has 3 aliphatic rings. The Morgan fingerprint density at radius 1 is 1.00 bits per heavy atom. The number of aryl methyl sites for hydroxylation is 1. The predicted octanol–water partition coefficient (Wildman–Crippen LogP) is 4.30. The lowest BCUT2D eigenvalue weighted by Gasteiger charge is -2.42. The highest BCUT2D eigenvalue weighted by Gasteiger charge is 2.48. The summed E-state index contributed by atoms with van der Waals surface area (Å²) in [6.45, 7) is 11.2. The number of ether oxygens (including phenoxy) is 1. The standard InChI is InChI=1S/C22H28N2O3/c1-6-24-12-13(11-23-24)18-19-14(25)7-21(2,3)9-16(19)27-17-10-22(4,5)8-15(26)20(17)18/h11-12,18H,6-10H2,1-5H3. The summed E-state index contributed by atoms with van der Waals surface area (Å²) in [5, 5.41) is 4.40. The molecule has 2 heterocycles. The number of ketones is 2. The minimum atomic E-state index is -0.337. The lowest BCUT2D eigenvalue weighted by Crippen LogP contribution is -2.37. The number of hydrogen-bond donors (Lipinski definition) is 0. The summed E-state index contributed by atoms with van der Waals surface area (Å²) >= 11 is 0. The van der Waals surface area contributed by atoms with Crippen LogP contribution in [0, 0.1) is 10.8 Å². The van der Waals surface area contributed by atoms with E-state index in [2.05, 4.69) is 32.8 Å². The molecule has 0 saturated heterocycles. The van der Waals surface area contributed by atoms with E-state index in [-0.39, 0.29) is 28.3 Å². The van der Waals surface area contributed by atoms with Crippen molar-refractivity contribution in [3.8, 4) is 0 Å². The molecular weight excluding hydrogens is 340 g/mol. The van der Waals surface area contributed by atoms with Crippen molar-refractivity contribution in [3.63, 3.8) is 0 Å². The van der Waals surface area contributed by atoms with Crippen molar-refractivity contribution in [1.82, 2.24) is 9.78 Å². The maximum Gasteiger partial charge on any atom is 0.163 e. The molecule has 0 fully saturated rings. The van der Waals surface area contributed by atoms with Gasteiger partial charge in [-0.15, -0.1) is 0 Å². The summed E-state index contributed by atoms with van der Waals surface area (Å²) in [5.74, 6) is 1.38. The van der Waals surface area contributed by atoms with Gasteiger partial charge in [0.15, 0.2) is 11.6 Å². The molecule has 0 saturated carbocycles. The Morgan fingerprint density at radius 3 is 1.96 bits per heavy atom. The Kier molecular flexibility index (Phi) is 3.99. The SMILES string of the molecule is CCn1cc(C2C3=C(CC(C)(C)CC3=O)OC3=C2C(=O)CC(C)(C)C3)cn1. The first kappa shape index (κ1) is 18.2. The van der Waals surface area contributed by atoms with Crippen molar-refractivity contribution >= 4 is 11.6 Å². The number of rotatable bonds is 2. The average molecular weight is 368 g/mol. The van der Waals surface area contributed by atoms with Gasteiger partial charge in [-0.2, -0.15) is 5.10 Å². The number of aromatic nitrogens is 2. The Hall–Kier alpha value is -2.17. The molecule has 4 rings (SSSR count). The summed E-state index contributed by atoms with van der Waals surface area (Å²) in [4.78, 5) is 26.2. The zero-order valence-corrected chi connectivity index (χ0v) is 16.9. The van der Waals surface area contributed by atoms with Crippen LogP contribution in [0.25, 0.3) is 0 Å². The second kappa shape index (κ2) is 5.91. The van der Waals surface area contributed by atoms with Crippen LogP contribution in [-0.4, -0.2) is 21.3 Å². The van der Waals surface area contributed by atoms with E-state index >= 15 is 0 Å². The molecule has 0 aromatic carbocycles. The van der Waals surface area contributed by atoms with Gasteiger partial charge in [0.2, 0.25) is 0 Å². The fraction of sp³-hybridized carbons (Fsp3) is 0.591. The fourth-order valence-electron chi connectivity index (χ4n) is 4.71. The molecule has 144 valence electrons. The highest BCUT2D eigenvalue weighted by Crippen LogP contribution is 2.53. The van der Waals surface area contributed by atoms with E-state index in [0.717, 1.165) is 36.5 Å². The van der Waals surface area contributed by atoms with Gasteiger partial charge < -0.3 is 4.74 Å². The minimum Gasteiger partial charge on any atom is -0.465 e. The van der Waals surface area contributed by atoms with Crippen LogP contribution in [0.3, 0.4) is 0 Å². The third-order valence-electron chi connectivity index (χ3n) is 5.89. The van der Waals surface area contributed by atoms with Crippen molar-refractivity contribution in [2.45, 2.75) is 72.8 Å². The lowest BCUT2D eigenvalue weighted by molar-refractivity contribution is -0.120. The van der Waals surface area contributed by atoms with Crippen molar-refractivity contribution in [3.05, 3.63) is 40.6 Å². The highest BCUT2D eigenvalue weighted by atomic mass is 16.5. The molecule has 1 aliphatic heterocycles. The first-order chi connectivity index (χ1) is 12.6. The van der Waals surface area contributed by atoms with Gasteiger partial charge in [-0.05, 0) is 17.8 Å². The van der Waals surface area contributed by atoms with E-state index < -0.39 is 0 Å². The van der Waals surface area contributed by atoms with Crippen LogP contribution in [0.1, 0.15) is 71.8 Å². The molecule has 1 aromatic heterocycles. The Labute approximate surface area is 160 Å². The van der Waals surface area contributed by atoms with Gasteiger partial charge in [-0.25, -0.2) is 0 Å². The second-order valence-electron chi connectivity index (χ2n) is 9.72. The van der Waals surface area contributed by atoms with Crippen LogP contribution in [-0.2, 0) is 20.9 Å². The molecule has 27 heavy (non-hydrogen) atoms. The number of allylic oxidation sites excluding steroid dienone is 4. The Morgan fingerprint density at radius 2 is 1.52 bits per heavy atom. The molecule has 0 bridgehead atoms. The summed E-state index contributed by atoms with van der Waals surface area (Å²) in [5.41, 5.74) is 2.02. The molecule has 0 unspecified atom stereocenters. The predicted molar refractivity (Wildman–Crippen MR) is 102 cm³/mol. The van der Waals surface area contributed by atoms with Gasteiger partial charge in [0, 0.05) is 55.1 Å². The monoisotopic (exact) mass is 368 g/mol. The number of nitrogens with zero attached hydrogens (tertiary/aromatic N) is 2. The average Bonchev–Trinajstić information content (AvgIpc) is 2.99. The van der Waals surface area contributed by atoms with Crippen molar-refractivity contribution in [1.29, 1.82) is 0 Å². The van der Waals surface area contributed by atoms with Crippen LogP contribution in [0.5, 0.6) is 0 Å². The second-order valence-corrected chi connectivity index (χ2v) is 9.72. The lowest BCUT2D eigenvalue weighted by atomic mass is 9.66.